The van der Waals surface area contributed by atoms with Gasteiger partial charge in [-0.3, -0.25) is 14.2 Å². The van der Waals surface area contributed by atoms with Crippen LogP contribution >= 0.6 is 0 Å². The van der Waals surface area contributed by atoms with Gasteiger partial charge in [-0.15, -0.1) is 0 Å². The third-order valence-corrected chi connectivity index (χ3v) is 6.60. The van der Waals surface area contributed by atoms with Gasteiger partial charge in [0.25, 0.3) is 5.91 Å². The number of nitrogen functional groups attached to an aromatic ring is 1. The normalized spacial score (nSPS) is 10.9. The third kappa shape index (κ3) is 4.85. The van der Waals surface area contributed by atoms with Crippen molar-refractivity contribution >= 4 is 29.2 Å². The van der Waals surface area contributed by atoms with Gasteiger partial charge in [0, 0.05) is 30.2 Å². The first-order valence-electron chi connectivity index (χ1n) is 12.7. The molecule has 0 bridgehead atoms. The Balaban J connectivity index is 1.36. The maximum Gasteiger partial charge on any atom is 0.274 e. The summed E-state index contributed by atoms with van der Waals surface area (Å²) in [5.41, 5.74) is 11.4. The summed E-state index contributed by atoms with van der Waals surface area (Å²) >= 11 is 0. The first-order chi connectivity index (χ1) is 20.0. The minimum atomic E-state index is -0.595. The summed E-state index contributed by atoms with van der Waals surface area (Å²) in [5.74, 6) is -0.0991. The van der Waals surface area contributed by atoms with E-state index < -0.39 is 11.7 Å². The lowest BCUT2D eigenvalue weighted by atomic mass is 10.1. The second-order valence-electron chi connectivity index (χ2n) is 9.18. The minimum Gasteiger partial charge on any atom is -0.505 e. The molecule has 0 fully saturated rings. The van der Waals surface area contributed by atoms with E-state index in [-0.39, 0.29) is 17.8 Å². The summed E-state index contributed by atoms with van der Waals surface area (Å²) < 4.78 is 1.93. The number of hydrogen-bond donors (Lipinski definition) is 3. The van der Waals surface area contributed by atoms with Crippen LogP contribution in [0.25, 0.3) is 39.5 Å². The molecule has 10 nitrogen and oxygen atoms in total. The molecule has 0 spiro atoms. The first-order valence-corrected chi connectivity index (χ1v) is 12.7. The Labute approximate surface area is 234 Å². The van der Waals surface area contributed by atoms with Crippen LogP contribution in [-0.2, 0) is 6.54 Å². The van der Waals surface area contributed by atoms with Crippen LogP contribution in [0, 0.1) is 0 Å². The maximum absolute atomic E-state index is 12.6. The fourth-order valence-corrected chi connectivity index (χ4v) is 4.52. The van der Waals surface area contributed by atoms with Gasteiger partial charge in [0.1, 0.15) is 11.3 Å². The monoisotopic (exact) mass is 541 g/mol. The molecule has 0 saturated heterocycles. The molecule has 0 radical (unpaired) electrons. The summed E-state index contributed by atoms with van der Waals surface area (Å²) in [6.07, 6.45) is 3.40. The van der Waals surface area contributed by atoms with E-state index in [2.05, 4.69) is 15.3 Å². The number of nitrogens with one attached hydrogen (secondary N) is 1. The van der Waals surface area contributed by atoms with Crippen LogP contribution in [0.15, 0.2) is 97.3 Å². The summed E-state index contributed by atoms with van der Waals surface area (Å²) in [7, 11) is 0. The number of aromatic hydroxyl groups is 1. The van der Waals surface area contributed by atoms with E-state index in [1.807, 2.05) is 77.4 Å². The lowest BCUT2D eigenvalue weighted by molar-refractivity contribution is 0.0943. The molecule has 6 rings (SSSR count). The topological polar surface area (TPSA) is 149 Å². The van der Waals surface area contributed by atoms with Gasteiger partial charge in [-0.1, -0.05) is 42.5 Å². The predicted octanol–water partition coefficient (Wildman–Crippen LogP) is 4.57. The van der Waals surface area contributed by atoms with Crippen LogP contribution in [-0.4, -0.2) is 41.8 Å². The average Bonchev–Trinajstić information content (AvgIpc) is 3.39. The SMILES string of the molecule is Nc1ncccc1-c1nc2ccc(-c3ccccc3)nc2n1-c1ccc(CNC(=O)c2nccc(C=O)c2O)cc1. The second-order valence-corrected chi connectivity index (χ2v) is 9.18. The van der Waals surface area contributed by atoms with E-state index in [4.69, 9.17) is 15.7 Å². The molecule has 0 atom stereocenters. The van der Waals surface area contributed by atoms with Crippen molar-refractivity contribution in [2.24, 2.45) is 0 Å². The highest BCUT2D eigenvalue weighted by molar-refractivity contribution is 5.97. The molecule has 0 aliphatic heterocycles. The molecule has 0 unspecified atom stereocenters. The van der Waals surface area contributed by atoms with Crippen LogP contribution in [0.1, 0.15) is 26.4 Å². The van der Waals surface area contributed by atoms with Gasteiger partial charge < -0.3 is 16.2 Å². The number of imidazole rings is 1. The average molecular weight is 542 g/mol. The van der Waals surface area contributed by atoms with Gasteiger partial charge >= 0.3 is 0 Å². The molecule has 1 amide bonds. The highest BCUT2D eigenvalue weighted by Crippen LogP contribution is 2.31. The van der Waals surface area contributed by atoms with Crippen LogP contribution in [0.4, 0.5) is 5.82 Å². The standard InChI is InChI=1S/C31H23N7O3/c32-28-23(7-4-15-34-28)29-37-25-13-12-24(20-5-2-1-3-6-20)36-30(25)38(29)22-10-8-19(9-11-22)17-35-31(41)26-27(40)21(18-39)14-16-33-26/h1-16,18,40H,17H2,(H2,32,34)(H,35,41). The van der Waals surface area contributed by atoms with Crippen LogP contribution < -0.4 is 11.1 Å². The van der Waals surface area contributed by atoms with E-state index >= 15 is 0 Å². The molecule has 0 aliphatic carbocycles. The molecule has 200 valence electrons. The molecular formula is C31H23N7O3. The van der Waals surface area contributed by atoms with Gasteiger partial charge in [-0.25, -0.2) is 19.9 Å². The number of nitrogens with two attached hydrogens (primary N) is 1. The van der Waals surface area contributed by atoms with Gasteiger partial charge in [-0.05, 0) is 48.0 Å². The fraction of sp³-hybridized carbons (Fsp3) is 0.0323. The number of carbonyl (C=O) groups excluding carboxylic acids is 2. The zero-order valence-electron chi connectivity index (χ0n) is 21.6. The number of carbonyl (C=O) groups is 2. The van der Waals surface area contributed by atoms with Crippen molar-refractivity contribution in [2.45, 2.75) is 6.54 Å². The summed E-state index contributed by atoms with van der Waals surface area (Å²) in [6, 6.07) is 26.3. The second kappa shape index (κ2) is 10.7. The number of fused-ring (bicyclic) bond motifs is 1. The van der Waals surface area contributed by atoms with Crippen molar-refractivity contribution in [2.75, 3.05) is 5.73 Å². The Morgan fingerprint density at radius 2 is 1.71 bits per heavy atom. The minimum absolute atomic E-state index is 0.00356. The summed E-state index contributed by atoms with van der Waals surface area (Å²) in [4.78, 5) is 41.6. The molecule has 0 aliphatic rings. The molecule has 10 heteroatoms. The third-order valence-electron chi connectivity index (χ3n) is 6.60. The van der Waals surface area contributed by atoms with Gasteiger partial charge in [-0.2, -0.15) is 0 Å². The number of aldehydes is 1. The van der Waals surface area contributed by atoms with Crippen LogP contribution in [0.2, 0.25) is 0 Å². The number of rotatable bonds is 7. The first kappa shape index (κ1) is 25.4. The molecule has 4 heterocycles. The van der Waals surface area contributed by atoms with E-state index in [0.717, 1.165) is 22.5 Å². The molecule has 4 N–H and O–H groups in total. The lowest BCUT2D eigenvalue weighted by Gasteiger charge is -2.12. The van der Waals surface area contributed by atoms with Crippen molar-refractivity contribution in [3.05, 3.63) is 114 Å². The van der Waals surface area contributed by atoms with Gasteiger partial charge in [0.2, 0.25) is 0 Å². The van der Waals surface area contributed by atoms with E-state index in [1.54, 1.807) is 12.3 Å². The zero-order valence-corrected chi connectivity index (χ0v) is 21.6. The number of amides is 1. The molecule has 41 heavy (non-hydrogen) atoms. The smallest absolute Gasteiger partial charge is 0.274 e. The van der Waals surface area contributed by atoms with Gasteiger partial charge in [0.15, 0.2) is 29.2 Å². The number of anilines is 1. The van der Waals surface area contributed by atoms with Crippen molar-refractivity contribution in [1.29, 1.82) is 0 Å². The van der Waals surface area contributed by atoms with Crippen molar-refractivity contribution in [3.63, 3.8) is 0 Å². The molecule has 0 saturated carbocycles. The molecule has 2 aromatic carbocycles. The number of benzene rings is 2. The Bertz CT molecular complexity index is 1900. The van der Waals surface area contributed by atoms with E-state index in [1.165, 1.54) is 12.3 Å². The Morgan fingerprint density at radius 1 is 0.902 bits per heavy atom. The maximum atomic E-state index is 12.6. The zero-order chi connectivity index (χ0) is 28.3. The Hall–Kier alpha value is -5.90. The highest BCUT2D eigenvalue weighted by atomic mass is 16.3. The number of pyridine rings is 3. The Kier molecular flexibility index (Phi) is 6.62. The quantitative estimate of drug-likeness (QED) is 0.249. The largest absolute Gasteiger partial charge is 0.505 e. The van der Waals surface area contributed by atoms with Crippen LogP contribution in [0.5, 0.6) is 5.75 Å². The van der Waals surface area contributed by atoms with E-state index in [9.17, 15) is 14.7 Å². The summed E-state index contributed by atoms with van der Waals surface area (Å²) in [5, 5.41) is 12.9. The molecular weight excluding hydrogens is 518 g/mol. The number of nitrogens with zero attached hydrogens (tertiary/aromatic N) is 5. The van der Waals surface area contributed by atoms with Crippen LogP contribution in [0.3, 0.4) is 0 Å². The number of aromatic nitrogens is 5. The van der Waals surface area contributed by atoms with Crippen molar-refractivity contribution < 1.29 is 14.7 Å². The van der Waals surface area contributed by atoms with E-state index in [0.29, 0.717) is 34.7 Å². The molecule has 6 aromatic rings. The van der Waals surface area contributed by atoms with Gasteiger partial charge in [0.05, 0.1) is 16.8 Å². The summed E-state index contributed by atoms with van der Waals surface area (Å²) in [6.45, 7) is 0.176. The lowest BCUT2D eigenvalue weighted by Crippen LogP contribution is -2.24. The Morgan fingerprint density at radius 3 is 2.46 bits per heavy atom. The highest BCUT2D eigenvalue weighted by Gasteiger charge is 2.19. The predicted molar refractivity (Wildman–Crippen MR) is 154 cm³/mol. The fourth-order valence-electron chi connectivity index (χ4n) is 4.52. The van der Waals surface area contributed by atoms with Crippen molar-refractivity contribution in [1.82, 2.24) is 29.8 Å². The van der Waals surface area contributed by atoms with Crippen molar-refractivity contribution in [3.8, 4) is 34.1 Å². The number of hydrogen-bond acceptors (Lipinski definition) is 8. The molecule has 4 aromatic heterocycles.